The van der Waals surface area contributed by atoms with Gasteiger partial charge < -0.3 is 5.11 Å². The van der Waals surface area contributed by atoms with Crippen LogP contribution in [0.1, 0.15) is 88.4 Å². The maximum absolute atomic E-state index is 12.1. The van der Waals surface area contributed by atoms with E-state index in [9.17, 15) is 5.11 Å². The molecule has 0 spiro atoms. The Labute approximate surface area is 178 Å². The molecule has 2 heteroatoms. The zero-order chi connectivity index (χ0) is 20.7. The Morgan fingerprint density at radius 2 is 1.45 bits per heavy atom. The van der Waals surface area contributed by atoms with E-state index in [0.29, 0.717) is 0 Å². The number of hydrogen-bond donors (Lipinski definition) is 1. The van der Waals surface area contributed by atoms with Crippen molar-refractivity contribution in [1.82, 2.24) is 4.90 Å². The molecule has 4 atom stereocenters. The molecule has 0 aromatic heterocycles. The average Bonchev–Trinajstić information content (AvgIpc) is 2.76. The first kappa shape index (κ1) is 22.1. The number of benzene rings is 2. The molecule has 0 radical (unpaired) electrons. The van der Waals surface area contributed by atoms with Crippen LogP contribution in [0.5, 0.6) is 0 Å². The fraction of sp³-hybridized carbons (Fsp3) is 0.556. The van der Waals surface area contributed by atoms with E-state index in [1.165, 1.54) is 30.4 Å². The van der Waals surface area contributed by atoms with Crippen molar-refractivity contribution < 1.29 is 5.11 Å². The van der Waals surface area contributed by atoms with Crippen LogP contribution in [0, 0.1) is 5.92 Å². The molecule has 0 aliphatic carbocycles. The highest BCUT2D eigenvalue weighted by atomic mass is 16.3. The van der Waals surface area contributed by atoms with Crippen LogP contribution in [0.4, 0.5) is 0 Å². The van der Waals surface area contributed by atoms with Crippen molar-refractivity contribution in [2.75, 3.05) is 7.05 Å². The second-order valence-electron chi connectivity index (χ2n) is 8.96. The lowest BCUT2D eigenvalue weighted by Crippen LogP contribution is -2.53. The van der Waals surface area contributed by atoms with E-state index in [2.05, 4.69) is 86.5 Å². The SMILES string of the molecule is CCCCC[C@H]1[C@@H](c2ccccc2)N(C)[C@H](c2ccccc2)C[C@]1(O)CCCC. The summed E-state index contributed by atoms with van der Waals surface area (Å²) in [5.41, 5.74) is 2.04. The lowest BCUT2D eigenvalue weighted by atomic mass is 9.66. The van der Waals surface area contributed by atoms with E-state index < -0.39 is 5.60 Å². The van der Waals surface area contributed by atoms with Gasteiger partial charge in [0.05, 0.1) is 5.60 Å². The summed E-state index contributed by atoms with van der Waals surface area (Å²) in [6.07, 6.45) is 8.71. The Bertz CT molecular complexity index is 716. The monoisotopic (exact) mass is 393 g/mol. The van der Waals surface area contributed by atoms with E-state index in [1.807, 2.05) is 0 Å². The van der Waals surface area contributed by atoms with Gasteiger partial charge in [-0.05, 0) is 37.4 Å². The fourth-order valence-electron chi connectivity index (χ4n) is 5.36. The molecule has 29 heavy (non-hydrogen) atoms. The molecule has 2 aromatic rings. The van der Waals surface area contributed by atoms with E-state index in [-0.39, 0.29) is 18.0 Å². The van der Waals surface area contributed by atoms with Crippen molar-refractivity contribution >= 4 is 0 Å². The van der Waals surface area contributed by atoms with Gasteiger partial charge in [0.1, 0.15) is 0 Å². The highest BCUT2D eigenvalue weighted by molar-refractivity contribution is 5.27. The van der Waals surface area contributed by atoms with Gasteiger partial charge in [0.15, 0.2) is 0 Å². The van der Waals surface area contributed by atoms with Crippen LogP contribution in [0.2, 0.25) is 0 Å². The van der Waals surface area contributed by atoms with Crippen molar-refractivity contribution in [3.63, 3.8) is 0 Å². The van der Waals surface area contributed by atoms with E-state index in [4.69, 9.17) is 0 Å². The maximum atomic E-state index is 12.1. The minimum atomic E-state index is -0.614. The maximum Gasteiger partial charge on any atom is 0.0712 e. The molecule has 158 valence electrons. The van der Waals surface area contributed by atoms with Gasteiger partial charge in [-0.2, -0.15) is 0 Å². The third kappa shape index (κ3) is 5.10. The number of rotatable bonds is 9. The smallest absolute Gasteiger partial charge is 0.0712 e. The predicted octanol–water partition coefficient (Wildman–Crippen LogP) is 6.92. The number of aliphatic hydroxyl groups is 1. The highest BCUT2D eigenvalue weighted by Gasteiger charge is 2.50. The van der Waals surface area contributed by atoms with Gasteiger partial charge in [-0.3, -0.25) is 4.90 Å². The van der Waals surface area contributed by atoms with Crippen molar-refractivity contribution in [2.45, 2.75) is 82.9 Å². The van der Waals surface area contributed by atoms with Gasteiger partial charge in [0.25, 0.3) is 0 Å². The van der Waals surface area contributed by atoms with Crippen LogP contribution in [0.25, 0.3) is 0 Å². The van der Waals surface area contributed by atoms with Crippen molar-refractivity contribution in [1.29, 1.82) is 0 Å². The average molecular weight is 394 g/mol. The van der Waals surface area contributed by atoms with Gasteiger partial charge in [-0.25, -0.2) is 0 Å². The first-order chi connectivity index (χ1) is 14.1. The summed E-state index contributed by atoms with van der Waals surface area (Å²) in [4.78, 5) is 2.54. The molecule has 1 heterocycles. The predicted molar refractivity (Wildman–Crippen MR) is 123 cm³/mol. The molecule has 1 N–H and O–H groups in total. The van der Waals surface area contributed by atoms with Crippen LogP contribution in [-0.4, -0.2) is 22.7 Å². The first-order valence-electron chi connectivity index (χ1n) is 11.6. The third-order valence-electron chi connectivity index (χ3n) is 6.96. The van der Waals surface area contributed by atoms with Gasteiger partial charge >= 0.3 is 0 Å². The molecular weight excluding hydrogens is 354 g/mol. The van der Waals surface area contributed by atoms with Gasteiger partial charge in [0.2, 0.25) is 0 Å². The van der Waals surface area contributed by atoms with Crippen molar-refractivity contribution in [2.24, 2.45) is 5.92 Å². The molecule has 2 aromatic carbocycles. The van der Waals surface area contributed by atoms with Crippen LogP contribution in [0.15, 0.2) is 60.7 Å². The molecule has 1 saturated heterocycles. The quantitative estimate of drug-likeness (QED) is 0.467. The van der Waals surface area contributed by atoms with Crippen molar-refractivity contribution in [3.05, 3.63) is 71.8 Å². The Balaban J connectivity index is 2.02. The number of hydrogen-bond acceptors (Lipinski definition) is 2. The molecule has 2 nitrogen and oxygen atoms in total. The largest absolute Gasteiger partial charge is 0.389 e. The summed E-state index contributed by atoms with van der Waals surface area (Å²) in [5, 5.41) is 12.1. The summed E-state index contributed by atoms with van der Waals surface area (Å²) >= 11 is 0. The molecule has 3 rings (SSSR count). The Morgan fingerprint density at radius 3 is 2.03 bits per heavy atom. The molecule has 0 bridgehead atoms. The number of piperidine rings is 1. The van der Waals surface area contributed by atoms with Crippen LogP contribution in [-0.2, 0) is 0 Å². The van der Waals surface area contributed by atoms with Crippen LogP contribution < -0.4 is 0 Å². The topological polar surface area (TPSA) is 23.5 Å². The van der Waals surface area contributed by atoms with E-state index in [0.717, 1.165) is 32.1 Å². The Hall–Kier alpha value is -1.64. The molecule has 1 aliphatic rings. The lowest BCUT2D eigenvalue weighted by molar-refractivity contribution is -0.129. The number of nitrogens with zero attached hydrogens (tertiary/aromatic N) is 1. The summed E-state index contributed by atoms with van der Waals surface area (Å²) in [7, 11) is 2.27. The van der Waals surface area contributed by atoms with Crippen LogP contribution >= 0.6 is 0 Å². The van der Waals surface area contributed by atoms with E-state index in [1.54, 1.807) is 0 Å². The van der Waals surface area contributed by atoms with Crippen LogP contribution in [0.3, 0.4) is 0 Å². The Kier molecular flexibility index (Phi) is 7.91. The lowest BCUT2D eigenvalue weighted by Gasteiger charge is -2.54. The zero-order valence-electron chi connectivity index (χ0n) is 18.6. The number of unbranched alkanes of at least 4 members (excludes halogenated alkanes) is 3. The Morgan fingerprint density at radius 1 is 0.862 bits per heavy atom. The first-order valence-corrected chi connectivity index (χ1v) is 11.6. The molecule has 1 fully saturated rings. The summed E-state index contributed by atoms with van der Waals surface area (Å²) < 4.78 is 0. The molecule has 0 amide bonds. The molecule has 0 saturated carbocycles. The molecule has 0 unspecified atom stereocenters. The summed E-state index contributed by atoms with van der Waals surface area (Å²) in [6.45, 7) is 4.49. The van der Waals surface area contributed by atoms with Gasteiger partial charge in [-0.15, -0.1) is 0 Å². The van der Waals surface area contributed by atoms with Crippen molar-refractivity contribution in [3.8, 4) is 0 Å². The minimum absolute atomic E-state index is 0.241. The third-order valence-corrected chi connectivity index (χ3v) is 6.96. The highest BCUT2D eigenvalue weighted by Crippen LogP contribution is 2.52. The van der Waals surface area contributed by atoms with Gasteiger partial charge in [-0.1, -0.05) is 107 Å². The standard InChI is InChI=1S/C27H39NO/c1-4-6-10-19-24-26(23-17-13-9-14-18-23)28(3)25(22-15-11-8-12-16-22)21-27(24,29)20-7-5-2/h8-9,11-18,24-26,29H,4-7,10,19-21H2,1-3H3/t24-,25-,26+,27+/m0/s1. The fourth-order valence-corrected chi connectivity index (χ4v) is 5.36. The minimum Gasteiger partial charge on any atom is -0.389 e. The number of likely N-dealkylation sites (tertiary alicyclic amines) is 1. The summed E-state index contributed by atoms with van der Waals surface area (Å²) in [6, 6.07) is 22.1. The summed E-state index contributed by atoms with van der Waals surface area (Å²) in [5.74, 6) is 0.271. The normalized spacial score (nSPS) is 27.8. The molecular formula is C27H39NO. The van der Waals surface area contributed by atoms with Gasteiger partial charge in [0, 0.05) is 18.0 Å². The van der Waals surface area contributed by atoms with E-state index >= 15 is 0 Å². The molecule has 1 aliphatic heterocycles. The second kappa shape index (κ2) is 10.4. The zero-order valence-corrected chi connectivity index (χ0v) is 18.6. The second-order valence-corrected chi connectivity index (χ2v) is 8.96.